The molecule has 0 aromatic heterocycles. The Kier molecular flexibility index (Phi) is 14.2. The van der Waals surface area contributed by atoms with Crippen molar-refractivity contribution in [2.24, 2.45) is 17.2 Å². The Hall–Kier alpha value is -1.54. The van der Waals surface area contributed by atoms with Crippen LogP contribution in [0.3, 0.4) is 0 Å². The highest BCUT2D eigenvalue weighted by molar-refractivity contribution is 5.69. The van der Waals surface area contributed by atoms with Crippen molar-refractivity contribution in [2.75, 3.05) is 33.0 Å². The lowest BCUT2D eigenvalue weighted by Gasteiger charge is -2.09. The number of urea groups is 1. The maximum atomic E-state index is 9.60. The van der Waals surface area contributed by atoms with E-state index in [1.54, 1.807) is 6.92 Å². The van der Waals surface area contributed by atoms with Crippen LogP contribution in [0.4, 0.5) is 9.59 Å². The summed E-state index contributed by atoms with van der Waals surface area (Å²) in [6.07, 6.45) is -0.711. The van der Waals surface area contributed by atoms with Crippen LogP contribution in [0.5, 0.6) is 0 Å². The number of rotatable bonds is 1. The molecule has 1 rings (SSSR count). The van der Waals surface area contributed by atoms with E-state index in [0.717, 1.165) is 26.4 Å². The molecule has 96 valence electrons. The molecule has 1 fully saturated rings. The molecular weight excluding hydrogens is 218 g/mol. The average molecular weight is 237 g/mol. The lowest BCUT2D eigenvalue weighted by atomic mass is 10.6. The summed E-state index contributed by atoms with van der Waals surface area (Å²) in [5, 5.41) is 0. The second-order valence-electron chi connectivity index (χ2n) is 2.38. The Bertz CT molecular complexity index is 169. The minimum absolute atomic E-state index is 0.356. The Morgan fingerprint density at radius 3 is 1.44 bits per heavy atom. The van der Waals surface area contributed by atoms with Crippen LogP contribution in [0.15, 0.2) is 0 Å². The van der Waals surface area contributed by atoms with Gasteiger partial charge in [-0.2, -0.15) is 0 Å². The molecule has 3 amide bonds. The molecule has 0 aliphatic carbocycles. The minimum atomic E-state index is -0.833. The zero-order valence-corrected chi connectivity index (χ0v) is 9.31. The van der Waals surface area contributed by atoms with Crippen molar-refractivity contribution >= 4 is 12.1 Å². The van der Waals surface area contributed by atoms with E-state index in [0.29, 0.717) is 6.61 Å². The van der Waals surface area contributed by atoms with Crippen molar-refractivity contribution < 1.29 is 23.8 Å². The summed E-state index contributed by atoms with van der Waals surface area (Å²) in [4.78, 5) is 18.6. The van der Waals surface area contributed by atoms with Crippen molar-refractivity contribution in [3.05, 3.63) is 0 Å². The first-order valence-electron chi connectivity index (χ1n) is 4.63. The molecule has 0 aromatic rings. The van der Waals surface area contributed by atoms with Crippen LogP contribution in [-0.4, -0.2) is 45.2 Å². The Morgan fingerprint density at radius 1 is 1.06 bits per heavy atom. The zero-order chi connectivity index (χ0) is 12.8. The summed E-state index contributed by atoms with van der Waals surface area (Å²) in [5.41, 5.74) is 13.0. The molecule has 8 heteroatoms. The molecule has 1 heterocycles. The lowest BCUT2D eigenvalue weighted by Crippen LogP contribution is -2.18. The van der Waals surface area contributed by atoms with Gasteiger partial charge in [0.2, 0.25) is 0 Å². The Balaban J connectivity index is 0. The third-order valence-electron chi connectivity index (χ3n) is 1.03. The van der Waals surface area contributed by atoms with Gasteiger partial charge in [0, 0.05) is 0 Å². The number of hydrogen-bond acceptors (Lipinski definition) is 5. The second-order valence-corrected chi connectivity index (χ2v) is 2.38. The lowest BCUT2D eigenvalue weighted by molar-refractivity contribution is -0.0334. The average Bonchev–Trinajstić information content (AvgIpc) is 2.20. The van der Waals surface area contributed by atoms with E-state index in [2.05, 4.69) is 21.9 Å². The quantitative estimate of drug-likeness (QED) is 0.545. The van der Waals surface area contributed by atoms with Crippen molar-refractivity contribution in [2.45, 2.75) is 6.92 Å². The van der Waals surface area contributed by atoms with Gasteiger partial charge in [0.05, 0.1) is 33.0 Å². The molecule has 0 radical (unpaired) electrons. The number of ether oxygens (including phenoxy) is 3. The number of amides is 3. The van der Waals surface area contributed by atoms with Gasteiger partial charge in [-0.05, 0) is 6.92 Å². The van der Waals surface area contributed by atoms with E-state index in [1.165, 1.54) is 0 Å². The summed E-state index contributed by atoms with van der Waals surface area (Å²) in [6.45, 7) is 5.17. The van der Waals surface area contributed by atoms with Gasteiger partial charge in [-0.25, -0.2) is 9.59 Å². The minimum Gasteiger partial charge on any atom is -0.450 e. The van der Waals surface area contributed by atoms with Crippen LogP contribution >= 0.6 is 0 Å². The zero-order valence-electron chi connectivity index (χ0n) is 9.31. The van der Waals surface area contributed by atoms with Crippen molar-refractivity contribution in [3.63, 3.8) is 0 Å². The van der Waals surface area contributed by atoms with Crippen molar-refractivity contribution in [3.8, 4) is 0 Å². The highest BCUT2D eigenvalue weighted by atomic mass is 16.6. The third-order valence-corrected chi connectivity index (χ3v) is 1.03. The fourth-order valence-electron chi connectivity index (χ4n) is 0.582. The van der Waals surface area contributed by atoms with E-state index >= 15 is 0 Å². The summed E-state index contributed by atoms with van der Waals surface area (Å²) in [6, 6.07) is -0.833. The first-order chi connectivity index (χ1) is 7.50. The van der Waals surface area contributed by atoms with Gasteiger partial charge in [0.15, 0.2) is 0 Å². The molecule has 1 saturated heterocycles. The molecule has 16 heavy (non-hydrogen) atoms. The Morgan fingerprint density at radius 2 is 1.38 bits per heavy atom. The normalized spacial score (nSPS) is 13.3. The van der Waals surface area contributed by atoms with Crippen LogP contribution in [-0.2, 0) is 14.2 Å². The predicted octanol–water partition coefficient (Wildman–Crippen LogP) is -0.841. The van der Waals surface area contributed by atoms with Crippen molar-refractivity contribution in [1.82, 2.24) is 0 Å². The topological polar surface area (TPSA) is 140 Å². The molecule has 1 aliphatic heterocycles. The maximum Gasteiger partial charge on any atom is 0.404 e. The maximum absolute atomic E-state index is 9.60. The van der Waals surface area contributed by atoms with Gasteiger partial charge in [0.1, 0.15) is 0 Å². The molecule has 0 saturated carbocycles. The van der Waals surface area contributed by atoms with Gasteiger partial charge < -0.3 is 31.4 Å². The van der Waals surface area contributed by atoms with Gasteiger partial charge in [-0.1, -0.05) is 0 Å². The molecular formula is C8H19N3O5. The van der Waals surface area contributed by atoms with E-state index in [-0.39, 0.29) is 0 Å². The summed E-state index contributed by atoms with van der Waals surface area (Å²) < 4.78 is 14.1. The van der Waals surface area contributed by atoms with Gasteiger partial charge in [-0.15, -0.1) is 0 Å². The molecule has 0 aromatic carbocycles. The van der Waals surface area contributed by atoms with Crippen molar-refractivity contribution in [1.29, 1.82) is 0 Å². The first kappa shape index (κ1) is 16.9. The highest BCUT2D eigenvalue weighted by Gasteiger charge is 1.94. The number of carbonyl (C=O) groups excluding carboxylic acids is 2. The third kappa shape index (κ3) is 29.4. The van der Waals surface area contributed by atoms with Gasteiger partial charge in [-0.3, -0.25) is 0 Å². The fourth-order valence-corrected chi connectivity index (χ4v) is 0.582. The number of hydrogen-bond donors (Lipinski definition) is 3. The molecule has 0 unspecified atom stereocenters. The van der Waals surface area contributed by atoms with Crippen LogP contribution in [0.1, 0.15) is 6.92 Å². The second kappa shape index (κ2) is 13.5. The molecule has 0 spiro atoms. The summed E-state index contributed by atoms with van der Waals surface area (Å²) in [5.74, 6) is 0. The molecule has 0 bridgehead atoms. The Labute approximate surface area is 94.0 Å². The van der Waals surface area contributed by atoms with Crippen LogP contribution in [0.25, 0.3) is 0 Å². The van der Waals surface area contributed by atoms with E-state index in [1.807, 2.05) is 0 Å². The fraction of sp³-hybridized carbons (Fsp3) is 0.750. The summed E-state index contributed by atoms with van der Waals surface area (Å²) in [7, 11) is 0. The number of carbonyl (C=O) groups is 2. The largest absolute Gasteiger partial charge is 0.450 e. The highest BCUT2D eigenvalue weighted by Crippen LogP contribution is 1.85. The smallest absolute Gasteiger partial charge is 0.404 e. The molecule has 1 aliphatic rings. The predicted molar refractivity (Wildman–Crippen MR) is 56.6 cm³/mol. The van der Waals surface area contributed by atoms with E-state index in [4.69, 9.17) is 14.3 Å². The number of nitrogens with two attached hydrogens (primary N) is 3. The molecule has 8 nitrogen and oxygen atoms in total. The van der Waals surface area contributed by atoms with Gasteiger partial charge >= 0.3 is 12.1 Å². The van der Waals surface area contributed by atoms with Crippen LogP contribution in [0.2, 0.25) is 0 Å². The molecule has 0 atom stereocenters. The SMILES string of the molecule is C1COCCO1.CCOC(N)=O.NC(N)=O. The van der Waals surface area contributed by atoms with Gasteiger partial charge in [0.25, 0.3) is 0 Å². The standard InChI is InChI=1S/C4H8O2.C3H7NO2.CH4N2O/c1-2-6-4-3-5-1;1-2-6-3(4)5;2-1(3)4/h1-4H2;2H2,1H3,(H2,4,5);(H4,2,3,4). The number of primary amides is 3. The summed E-state index contributed by atoms with van der Waals surface area (Å²) >= 11 is 0. The van der Waals surface area contributed by atoms with E-state index < -0.39 is 12.1 Å². The van der Waals surface area contributed by atoms with E-state index in [9.17, 15) is 4.79 Å². The first-order valence-corrected chi connectivity index (χ1v) is 4.63. The molecule has 6 N–H and O–H groups in total. The monoisotopic (exact) mass is 237 g/mol. The van der Waals surface area contributed by atoms with Crippen LogP contribution < -0.4 is 17.2 Å². The van der Waals surface area contributed by atoms with Crippen LogP contribution in [0, 0.1) is 0 Å².